The number of guanidine groups is 1. The van der Waals surface area contributed by atoms with Gasteiger partial charge in [-0.2, -0.15) is 0 Å². The summed E-state index contributed by atoms with van der Waals surface area (Å²) in [5.74, 6) is 2.35. The van der Waals surface area contributed by atoms with E-state index >= 15 is 0 Å². The zero-order valence-electron chi connectivity index (χ0n) is 16.5. The smallest absolute Gasteiger partial charge is 0.191 e. The van der Waals surface area contributed by atoms with Crippen molar-refractivity contribution in [2.75, 3.05) is 52.5 Å². The summed E-state index contributed by atoms with van der Waals surface area (Å²) in [6.45, 7) is 14.1. The van der Waals surface area contributed by atoms with Gasteiger partial charge in [0.2, 0.25) is 0 Å². The molecule has 2 rings (SSSR count). The normalized spacial score (nSPS) is 15.9. The Hall–Kier alpha value is -1.79. The lowest BCUT2D eigenvalue weighted by Crippen LogP contribution is -2.39. The molecule has 26 heavy (non-hydrogen) atoms. The summed E-state index contributed by atoms with van der Waals surface area (Å²) in [5.41, 5.74) is 1.15. The van der Waals surface area contributed by atoms with Gasteiger partial charge in [0.05, 0.1) is 19.8 Å². The summed E-state index contributed by atoms with van der Waals surface area (Å²) in [6.07, 6.45) is 0. The summed E-state index contributed by atoms with van der Waals surface area (Å²) in [5, 5.41) is 6.65. The van der Waals surface area contributed by atoms with E-state index in [1.54, 1.807) is 0 Å². The van der Waals surface area contributed by atoms with Crippen LogP contribution >= 0.6 is 0 Å². The van der Waals surface area contributed by atoms with E-state index in [4.69, 9.17) is 9.47 Å². The minimum Gasteiger partial charge on any atom is -0.492 e. The maximum atomic E-state index is 5.92. The van der Waals surface area contributed by atoms with Gasteiger partial charge in [-0.3, -0.25) is 4.90 Å². The first-order valence-electron chi connectivity index (χ1n) is 9.71. The number of aliphatic imine (C=N–C) groups is 1. The Labute approximate surface area is 158 Å². The van der Waals surface area contributed by atoms with Crippen molar-refractivity contribution in [2.45, 2.75) is 27.3 Å². The molecule has 1 fully saturated rings. The maximum absolute atomic E-state index is 5.92. The third kappa shape index (κ3) is 8.06. The fourth-order valence-electron chi connectivity index (χ4n) is 2.66. The number of ether oxygens (including phenoxy) is 2. The van der Waals surface area contributed by atoms with Gasteiger partial charge < -0.3 is 20.1 Å². The highest BCUT2D eigenvalue weighted by molar-refractivity contribution is 5.79. The van der Waals surface area contributed by atoms with E-state index in [2.05, 4.69) is 53.4 Å². The molecular weight excluding hydrogens is 328 g/mol. The molecule has 0 atom stereocenters. The number of hydrogen-bond donors (Lipinski definition) is 2. The molecule has 0 bridgehead atoms. The molecule has 0 radical (unpaired) electrons. The number of nitrogens with zero attached hydrogens (tertiary/aromatic N) is 2. The van der Waals surface area contributed by atoms with Crippen LogP contribution in [0, 0.1) is 5.92 Å². The van der Waals surface area contributed by atoms with Gasteiger partial charge in [-0.15, -0.1) is 0 Å². The zero-order valence-corrected chi connectivity index (χ0v) is 16.5. The minimum absolute atomic E-state index is 0.585. The zero-order chi connectivity index (χ0) is 18.6. The van der Waals surface area contributed by atoms with E-state index in [-0.39, 0.29) is 0 Å². The average molecular weight is 363 g/mol. The van der Waals surface area contributed by atoms with Crippen molar-refractivity contribution < 1.29 is 9.47 Å². The van der Waals surface area contributed by atoms with Crippen molar-refractivity contribution in [2.24, 2.45) is 10.9 Å². The molecule has 0 amide bonds. The summed E-state index contributed by atoms with van der Waals surface area (Å²) in [4.78, 5) is 7.04. The Balaban J connectivity index is 1.81. The third-order valence-electron chi connectivity index (χ3n) is 4.12. The van der Waals surface area contributed by atoms with Crippen LogP contribution in [0.2, 0.25) is 0 Å². The van der Waals surface area contributed by atoms with Crippen LogP contribution in [0.1, 0.15) is 26.3 Å². The van der Waals surface area contributed by atoms with Gasteiger partial charge in [0.1, 0.15) is 12.4 Å². The lowest BCUT2D eigenvalue weighted by atomic mass is 10.2. The van der Waals surface area contributed by atoms with Crippen LogP contribution in [0.5, 0.6) is 5.75 Å². The molecule has 1 aliphatic rings. The molecule has 1 heterocycles. The molecule has 1 aromatic carbocycles. The van der Waals surface area contributed by atoms with Crippen LogP contribution in [-0.2, 0) is 11.3 Å². The lowest BCUT2D eigenvalue weighted by Gasteiger charge is -2.26. The Kier molecular flexibility index (Phi) is 9.28. The molecule has 6 nitrogen and oxygen atoms in total. The molecule has 146 valence electrons. The van der Waals surface area contributed by atoms with Crippen molar-refractivity contribution in [3.8, 4) is 5.75 Å². The van der Waals surface area contributed by atoms with Crippen LogP contribution < -0.4 is 15.4 Å². The summed E-state index contributed by atoms with van der Waals surface area (Å²) in [7, 11) is 0. The molecule has 0 aromatic heterocycles. The molecule has 1 saturated heterocycles. The quantitative estimate of drug-likeness (QED) is 0.520. The van der Waals surface area contributed by atoms with Crippen LogP contribution in [0.15, 0.2) is 29.3 Å². The predicted octanol–water partition coefficient (Wildman–Crippen LogP) is 2.11. The fourth-order valence-corrected chi connectivity index (χ4v) is 2.66. The fraction of sp³-hybridized carbons (Fsp3) is 0.650. The van der Waals surface area contributed by atoms with Gasteiger partial charge in [-0.05, 0) is 30.5 Å². The van der Waals surface area contributed by atoms with Crippen LogP contribution in [0.25, 0.3) is 0 Å². The minimum atomic E-state index is 0.585. The Bertz CT molecular complexity index is 542. The van der Waals surface area contributed by atoms with Crippen LogP contribution in [0.4, 0.5) is 0 Å². The van der Waals surface area contributed by atoms with E-state index in [1.807, 2.05) is 12.1 Å². The highest BCUT2D eigenvalue weighted by Crippen LogP contribution is 2.14. The number of hydrogen-bond acceptors (Lipinski definition) is 4. The third-order valence-corrected chi connectivity index (χ3v) is 4.12. The number of nitrogens with one attached hydrogen (secondary N) is 2. The van der Waals surface area contributed by atoms with Gasteiger partial charge in [0.15, 0.2) is 5.96 Å². The number of benzene rings is 1. The van der Waals surface area contributed by atoms with Crippen molar-refractivity contribution >= 4 is 5.96 Å². The van der Waals surface area contributed by atoms with E-state index in [0.29, 0.717) is 19.1 Å². The van der Waals surface area contributed by atoms with Crippen molar-refractivity contribution in [3.05, 3.63) is 29.8 Å². The summed E-state index contributed by atoms with van der Waals surface area (Å²) >= 11 is 0. The highest BCUT2D eigenvalue weighted by atomic mass is 16.5. The lowest BCUT2D eigenvalue weighted by molar-refractivity contribution is 0.0322. The predicted molar refractivity (Wildman–Crippen MR) is 107 cm³/mol. The SMILES string of the molecule is CCNC(=NCc1cccc(OCCN2CCOCC2)c1)NCC(C)C. The second kappa shape index (κ2) is 11.8. The first kappa shape index (κ1) is 20.5. The van der Waals surface area contributed by atoms with E-state index < -0.39 is 0 Å². The Morgan fingerprint density at radius 1 is 1.27 bits per heavy atom. The Morgan fingerprint density at radius 2 is 2.08 bits per heavy atom. The Morgan fingerprint density at radius 3 is 2.81 bits per heavy atom. The second-order valence-electron chi connectivity index (χ2n) is 6.92. The number of rotatable bonds is 9. The first-order chi connectivity index (χ1) is 12.7. The molecular formula is C20H34N4O2. The van der Waals surface area contributed by atoms with Gasteiger partial charge in [0.25, 0.3) is 0 Å². The van der Waals surface area contributed by atoms with Gasteiger partial charge in [0, 0.05) is 32.7 Å². The molecule has 6 heteroatoms. The molecule has 0 aliphatic carbocycles. The van der Waals surface area contributed by atoms with Gasteiger partial charge in [-0.25, -0.2) is 4.99 Å². The monoisotopic (exact) mass is 362 g/mol. The first-order valence-corrected chi connectivity index (χ1v) is 9.71. The van der Waals surface area contributed by atoms with Gasteiger partial charge >= 0.3 is 0 Å². The highest BCUT2D eigenvalue weighted by Gasteiger charge is 2.09. The van der Waals surface area contributed by atoms with E-state index in [9.17, 15) is 0 Å². The summed E-state index contributed by atoms with van der Waals surface area (Å²) < 4.78 is 11.3. The second-order valence-corrected chi connectivity index (χ2v) is 6.92. The van der Waals surface area contributed by atoms with Crippen molar-refractivity contribution in [1.82, 2.24) is 15.5 Å². The standard InChI is InChI=1S/C20H34N4O2/c1-4-21-20(22-15-17(2)3)23-16-18-6-5-7-19(14-18)26-13-10-24-8-11-25-12-9-24/h5-7,14,17H,4,8-13,15-16H2,1-3H3,(H2,21,22,23). The summed E-state index contributed by atoms with van der Waals surface area (Å²) in [6, 6.07) is 8.21. The molecule has 0 spiro atoms. The molecule has 1 aliphatic heterocycles. The van der Waals surface area contributed by atoms with E-state index in [1.165, 1.54) is 0 Å². The van der Waals surface area contributed by atoms with Crippen molar-refractivity contribution in [3.63, 3.8) is 0 Å². The molecule has 0 unspecified atom stereocenters. The van der Waals surface area contributed by atoms with Crippen LogP contribution in [0.3, 0.4) is 0 Å². The van der Waals surface area contributed by atoms with Crippen molar-refractivity contribution in [1.29, 1.82) is 0 Å². The average Bonchev–Trinajstić information content (AvgIpc) is 2.65. The van der Waals surface area contributed by atoms with Crippen LogP contribution in [-0.4, -0.2) is 63.4 Å². The molecule has 0 saturated carbocycles. The largest absolute Gasteiger partial charge is 0.492 e. The van der Waals surface area contributed by atoms with E-state index in [0.717, 1.165) is 63.2 Å². The molecule has 1 aromatic rings. The number of morpholine rings is 1. The van der Waals surface area contributed by atoms with Gasteiger partial charge in [-0.1, -0.05) is 26.0 Å². The topological polar surface area (TPSA) is 58.1 Å². The molecule has 2 N–H and O–H groups in total. The maximum Gasteiger partial charge on any atom is 0.191 e.